The second kappa shape index (κ2) is 11.0. The summed E-state index contributed by atoms with van der Waals surface area (Å²) in [5, 5.41) is 14.3. The van der Waals surface area contributed by atoms with Crippen molar-refractivity contribution in [1.82, 2.24) is 10.6 Å². The highest BCUT2D eigenvalue weighted by molar-refractivity contribution is 5.84. The molecule has 2 amide bonds. The lowest BCUT2D eigenvalue weighted by molar-refractivity contribution is -0.143. The number of aliphatic carboxylic acids is 1. The molecule has 8 nitrogen and oxygen atoms in total. The molecule has 0 saturated heterocycles. The third kappa shape index (κ3) is 5.90. The van der Waals surface area contributed by atoms with Gasteiger partial charge in [-0.2, -0.15) is 0 Å². The Balaban J connectivity index is 1.60. The highest BCUT2D eigenvalue weighted by atomic mass is 16.5. The average Bonchev–Trinajstić information content (AvgIpc) is 3.10. The van der Waals surface area contributed by atoms with Crippen molar-refractivity contribution in [2.24, 2.45) is 5.92 Å². The second-order valence-electron chi connectivity index (χ2n) is 8.44. The second-order valence-corrected chi connectivity index (χ2v) is 8.44. The fraction of sp³-hybridized carbons (Fsp3) is 0.400. The number of methoxy groups -OCH3 is 1. The van der Waals surface area contributed by atoms with Crippen molar-refractivity contribution in [1.29, 1.82) is 0 Å². The number of benzene rings is 2. The topological polar surface area (TPSA) is 114 Å². The first-order valence-electron chi connectivity index (χ1n) is 10.9. The Morgan fingerprint density at radius 3 is 2.06 bits per heavy atom. The summed E-state index contributed by atoms with van der Waals surface area (Å²) in [5.74, 6) is -1.80. The fourth-order valence-corrected chi connectivity index (χ4v) is 4.04. The third-order valence-electron chi connectivity index (χ3n) is 5.82. The molecule has 2 unspecified atom stereocenters. The van der Waals surface area contributed by atoms with Crippen LogP contribution in [0.25, 0.3) is 11.1 Å². The van der Waals surface area contributed by atoms with E-state index < -0.39 is 30.1 Å². The smallest absolute Gasteiger partial charge is 0.407 e. The van der Waals surface area contributed by atoms with E-state index in [0.29, 0.717) is 0 Å². The fourth-order valence-electron chi connectivity index (χ4n) is 4.04. The van der Waals surface area contributed by atoms with Gasteiger partial charge in [-0.05, 0) is 28.2 Å². The molecule has 2 atom stereocenters. The van der Waals surface area contributed by atoms with Crippen molar-refractivity contribution < 1.29 is 29.0 Å². The zero-order valence-corrected chi connectivity index (χ0v) is 19.0. The number of carbonyl (C=O) groups is 3. The van der Waals surface area contributed by atoms with E-state index in [1.807, 2.05) is 50.2 Å². The van der Waals surface area contributed by atoms with Crippen LogP contribution in [0.4, 0.5) is 4.79 Å². The minimum atomic E-state index is -1.18. The van der Waals surface area contributed by atoms with Gasteiger partial charge in [0.2, 0.25) is 5.91 Å². The maximum absolute atomic E-state index is 12.6. The molecule has 0 spiro atoms. The Hall–Kier alpha value is -3.39. The zero-order valence-electron chi connectivity index (χ0n) is 19.0. The Morgan fingerprint density at radius 1 is 0.970 bits per heavy atom. The first-order valence-corrected chi connectivity index (χ1v) is 10.9. The highest BCUT2D eigenvalue weighted by Gasteiger charge is 2.30. The van der Waals surface area contributed by atoms with Crippen LogP contribution >= 0.6 is 0 Å². The van der Waals surface area contributed by atoms with E-state index in [0.717, 1.165) is 22.3 Å². The SMILES string of the molecule is COCC(NC(=O)CC(NC(=O)OCC1c2ccccc2-c2ccccc21)C(C)C)C(=O)O. The van der Waals surface area contributed by atoms with Crippen LogP contribution < -0.4 is 10.6 Å². The van der Waals surface area contributed by atoms with Gasteiger partial charge < -0.3 is 25.2 Å². The molecule has 0 aromatic heterocycles. The minimum Gasteiger partial charge on any atom is -0.480 e. The molecular weight excluding hydrogens is 424 g/mol. The van der Waals surface area contributed by atoms with Crippen LogP contribution in [0.5, 0.6) is 0 Å². The molecule has 1 aliphatic carbocycles. The van der Waals surface area contributed by atoms with E-state index in [9.17, 15) is 19.5 Å². The van der Waals surface area contributed by atoms with Crippen LogP contribution in [-0.2, 0) is 19.1 Å². The van der Waals surface area contributed by atoms with Crippen LogP contribution in [0, 0.1) is 5.92 Å². The van der Waals surface area contributed by atoms with Gasteiger partial charge in [0.1, 0.15) is 6.61 Å². The predicted octanol–water partition coefficient (Wildman–Crippen LogP) is 3.16. The zero-order chi connectivity index (χ0) is 24.0. The third-order valence-corrected chi connectivity index (χ3v) is 5.82. The van der Waals surface area contributed by atoms with Crippen molar-refractivity contribution in [3.8, 4) is 11.1 Å². The largest absolute Gasteiger partial charge is 0.480 e. The number of ether oxygens (including phenoxy) is 2. The number of hydrogen-bond donors (Lipinski definition) is 3. The normalized spacial score (nSPS) is 14.2. The Labute approximate surface area is 193 Å². The van der Waals surface area contributed by atoms with Gasteiger partial charge in [-0.3, -0.25) is 4.79 Å². The van der Waals surface area contributed by atoms with Gasteiger partial charge in [-0.1, -0.05) is 62.4 Å². The summed E-state index contributed by atoms with van der Waals surface area (Å²) in [7, 11) is 1.36. The van der Waals surface area contributed by atoms with E-state index in [1.165, 1.54) is 7.11 Å². The number of nitrogens with one attached hydrogen (secondary N) is 2. The molecule has 1 aliphatic rings. The Bertz CT molecular complexity index is 960. The lowest BCUT2D eigenvalue weighted by Gasteiger charge is -2.23. The molecule has 3 N–H and O–H groups in total. The number of hydrogen-bond acceptors (Lipinski definition) is 5. The van der Waals surface area contributed by atoms with Crippen LogP contribution in [0.15, 0.2) is 48.5 Å². The molecule has 8 heteroatoms. The number of alkyl carbamates (subject to hydrolysis) is 1. The van der Waals surface area contributed by atoms with Gasteiger partial charge in [-0.15, -0.1) is 0 Å². The molecule has 2 aromatic carbocycles. The molecule has 176 valence electrons. The molecule has 0 saturated carbocycles. The number of amides is 2. The van der Waals surface area contributed by atoms with Crippen molar-refractivity contribution in [2.75, 3.05) is 20.3 Å². The Kier molecular flexibility index (Phi) is 8.06. The van der Waals surface area contributed by atoms with Crippen LogP contribution in [0.1, 0.15) is 37.3 Å². The quantitative estimate of drug-likeness (QED) is 0.508. The molecule has 33 heavy (non-hydrogen) atoms. The summed E-state index contributed by atoms with van der Waals surface area (Å²) >= 11 is 0. The standard InChI is InChI=1S/C25H30N2O6/c1-15(2)21(12-23(28)26-22(14-32-3)24(29)30)27-25(31)33-13-20-18-10-6-4-8-16(18)17-9-5-7-11-19(17)20/h4-11,15,20-22H,12-14H2,1-3H3,(H,26,28)(H,27,31)(H,29,30). The first-order chi connectivity index (χ1) is 15.8. The number of fused-ring (bicyclic) bond motifs is 3. The molecule has 0 radical (unpaired) electrons. The molecule has 0 fully saturated rings. The van der Waals surface area contributed by atoms with Gasteiger partial charge >= 0.3 is 12.1 Å². The lowest BCUT2D eigenvalue weighted by atomic mass is 9.98. The number of carbonyl (C=O) groups excluding carboxylic acids is 2. The predicted molar refractivity (Wildman–Crippen MR) is 123 cm³/mol. The molecule has 0 aliphatic heterocycles. The minimum absolute atomic E-state index is 0.0608. The van der Waals surface area contributed by atoms with E-state index in [-0.39, 0.29) is 31.5 Å². The van der Waals surface area contributed by atoms with Crippen LogP contribution in [-0.4, -0.2) is 55.5 Å². The van der Waals surface area contributed by atoms with Crippen molar-refractivity contribution in [2.45, 2.75) is 38.3 Å². The average molecular weight is 455 g/mol. The van der Waals surface area contributed by atoms with Gasteiger partial charge in [-0.25, -0.2) is 9.59 Å². The molecule has 0 bridgehead atoms. The van der Waals surface area contributed by atoms with Crippen molar-refractivity contribution in [3.05, 3.63) is 59.7 Å². The molecule has 2 aromatic rings. The maximum Gasteiger partial charge on any atom is 0.407 e. The highest BCUT2D eigenvalue weighted by Crippen LogP contribution is 2.44. The van der Waals surface area contributed by atoms with E-state index in [4.69, 9.17) is 9.47 Å². The summed E-state index contributed by atoms with van der Waals surface area (Å²) in [6.45, 7) is 3.76. The summed E-state index contributed by atoms with van der Waals surface area (Å²) in [5.41, 5.74) is 4.51. The van der Waals surface area contributed by atoms with Crippen molar-refractivity contribution in [3.63, 3.8) is 0 Å². The Morgan fingerprint density at radius 2 is 1.55 bits per heavy atom. The van der Waals surface area contributed by atoms with Gasteiger partial charge in [0.05, 0.1) is 6.61 Å². The molecule has 3 rings (SSSR count). The van der Waals surface area contributed by atoms with Gasteiger partial charge in [0.15, 0.2) is 6.04 Å². The van der Waals surface area contributed by atoms with Crippen molar-refractivity contribution >= 4 is 18.0 Å². The molecular formula is C25H30N2O6. The number of rotatable bonds is 10. The summed E-state index contributed by atoms with van der Waals surface area (Å²) in [4.78, 5) is 36.1. The van der Waals surface area contributed by atoms with Gasteiger partial charge in [0, 0.05) is 25.5 Å². The summed E-state index contributed by atoms with van der Waals surface area (Å²) in [6, 6.07) is 14.5. The maximum atomic E-state index is 12.6. The lowest BCUT2D eigenvalue weighted by Crippen LogP contribution is -2.48. The van der Waals surface area contributed by atoms with E-state index in [1.54, 1.807) is 0 Å². The van der Waals surface area contributed by atoms with E-state index >= 15 is 0 Å². The van der Waals surface area contributed by atoms with E-state index in [2.05, 4.69) is 22.8 Å². The summed E-state index contributed by atoms with van der Waals surface area (Å²) < 4.78 is 10.4. The molecule has 0 heterocycles. The number of carboxylic acid groups (broad SMARTS) is 1. The van der Waals surface area contributed by atoms with Crippen LogP contribution in [0.3, 0.4) is 0 Å². The van der Waals surface area contributed by atoms with Gasteiger partial charge in [0.25, 0.3) is 0 Å². The first kappa shape index (κ1) is 24.3. The monoisotopic (exact) mass is 454 g/mol. The van der Waals surface area contributed by atoms with Crippen LogP contribution in [0.2, 0.25) is 0 Å². The summed E-state index contributed by atoms with van der Waals surface area (Å²) in [6.07, 6.45) is -0.690. The number of carboxylic acids is 1.